The van der Waals surface area contributed by atoms with Crippen molar-refractivity contribution in [2.75, 3.05) is 0 Å². The Kier molecular flexibility index (Phi) is 4.68. The highest BCUT2D eigenvalue weighted by atomic mass is 16.6. The number of aromatic nitrogens is 1. The Bertz CT molecular complexity index is 1060. The van der Waals surface area contributed by atoms with Crippen molar-refractivity contribution in [3.63, 3.8) is 0 Å². The zero-order valence-corrected chi connectivity index (χ0v) is 14.5. The Balaban J connectivity index is 2.09. The molecule has 128 valence electrons. The fourth-order valence-corrected chi connectivity index (χ4v) is 2.84. The van der Waals surface area contributed by atoms with Crippen LogP contribution < -0.4 is 0 Å². The summed E-state index contributed by atoms with van der Waals surface area (Å²) in [7, 11) is 0. The number of rotatable bonds is 4. The van der Waals surface area contributed by atoms with Crippen molar-refractivity contribution >= 4 is 17.3 Å². The summed E-state index contributed by atoms with van der Waals surface area (Å²) in [6.07, 6.45) is 3.69. The van der Waals surface area contributed by atoms with Crippen LogP contribution in [0.25, 0.3) is 17.3 Å². The van der Waals surface area contributed by atoms with Crippen molar-refractivity contribution in [2.24, 2.45) is 0 Å². The van der Waals surface area contributed by atoms with Crippen LogP contribution in [0.15, 0.2) is 60.8 Å². The molecule has 0 aliphatic carbocycles. The average Bonchev–Trinajstić information content (AvgIpc) is 3.10. The molecule has 3 rings (SSSR count). The molecule has 0 saturated heterocycles. The third kappa shape index (κ3) is 3.26. The highest BCUT2D eigenvalue weighted by Gasteiger charge is 2.11. The van der Waals surface area contributed by atoms with E-state index in [9.17, 15) is 15.4 Å². The van der Waals surface area contributed by atoms with Crippen LogP contribution in [-0.4, -0.2) is 9.49 Å². The second kappa shape index (κ2) is 7.08. The summed E-state index contributed by atoms with van der Waals surface area (Å²) in [5.41, 5.74) is 5.08. The molecule has 0 aliphatic heterocycles. The molecule has 0 saturated carbocycles. The molecule has 0 atom stereocenters. The third-order valence-electron chi connectivity index (χ3n) is 4.40. The number of nitrogens with zero attached hydrogens (tertiary/aromatic N) is 3. The van der Waals surface area contributed by atoms with E-state index in [0.717, 1.165) is 16.9 Å². The van der Waals surface area contributed by atoms with Gasteiger partial charge in [-0.3, -0.25) is 10.1 Å². The van der Waals surface area contributed by atoms with Gasteiger partial charge in [-0.15, -0.1) is 0 Å². The van der Waals surface area contributed by atoms with Gasteiger partial charge in [0.25, 0.3) is 5.69 Å². The molecule has 0 amide bonds. The minimum atomic E-state index is -0.461. The van der Waals surface area contributed by atoms with Crippen LogP contribution in [0.4, 0.5) is 5.69 Å². The van der Waals surface area contributed by atoms with Crippen LogP contribution in [-0.2, 0) is 0 Å². The number of hydrogen-bond donors (Lipinski definition) is 0. The third-order valence-corrected chi connectivity index (χ3v) is 4.40. The summed E-state index contributed by atoms with van der Waals surface area (Å²) in [5, 5.41) is 20.6. The molecule has 0 spiro atoms. The lowest BCUT2D eigenvalue weighted by molar-refractivity contribution is -0.384. The molecule has 5 nitrogen and oxygen atoms in total. The minimum absolute atomic E-state index is 0.0337. The number of non-ortho nitro benzene ring substituents is 1. The van der Waals surface area contributed by atoms with Crippen LogP contribution >= 0.6 is 0 Å². The summed E-state index contributed by atoms with van der Waals surface area (Å²) >= 11 is 0. The molecule has 0 fully saturated rings. The van der Waals surface area contributed by atoms with Crippen LogP contribution in [0.1, 0.15) is 22.4 Å². The maximum atomic E-state index is 11.0. The van der Waals surface area contributed by atoms with Crippen LogP contribution in [0.2, 0.25) is 0 Å². The molecule has 0 aliphatic rings. The van der Waals surface area contributed by atoms with Crippen molar-refractivity contribution in [3.8, 4) is 11.8 Å². The first-order valence-electron chi connectivity index (χ1n) is 8.12. The zero-order chi connectivity index (χ0) is 18.7. The van der Waals surface area contributed by atoms with Crippen molar-refractivity contribution in [2.45, 2.75) is 13.8 Å². The van der Waals surface area contributed by atoms with E-state index in [0.29, 0.717) is 11.1 Å². The maximum Gasteiger partial charge on any atom is 0.270 e. The number of nitro groups is 1. The Hall–Kier alpha value is -3.65. The molecule has 0 N–H and O–H groups in total. The van der Waals surface area contributed by atoms with Crippen molar-refractivity contribution in [1.29, 1.82) is 5.26 Å². The number of benzene rings is 2. The fourth-order valence-electron chi connectivity index (χ4n) is 2.84. The molecular weight excluding hydrogens is 326 g/mol. The van der Waals surface area contributed by atoms with Gasteiger partial charge >= 0.3 is 0 Å². The van der Waals surface area contributed by atoms with Gasteiger partial charge in [-0.2, -0.15) is 5.26 Å². The normalized spacial score (nSPS) is 11.2. The predicted molar refractivity (Wildman–Crippen MR) is 102 cm³/mol. The number of nitriles is 1. The first-order valence-corrected chi connectivity index (χ1v) is 8.12. The maximum absolute atomic E-state index is 11.0. The first-order chi connectivity index (χ1) is 12.5. The Morgan fingerprint density at radius 2 is 1.92 bits per heavy atom. The molecule has 2 aromatic carbocycles. The van der Waals surface area contributed by atoms with E-state index in [2.05, 4.69) is 26.0 Å². The SMILES string of the molecule is Cc1cccc(-n2cccc2C=C(C#N)c2cccc([N+](=O)[O-])c2)c1C. The lowest BCUT2D eigenvalue weighted by atomic mass is 10.0. The zero-order valence-electron chi connectivity index (χ0n) is 14.5. The van der Waals surface area contributed by atoms with Gasteiger partial charge in [0.2, 0.25) is 0 Å². The largest absolute Gasteiger partial charge is 0.317 e. The van der Waals surface area contributed by atoms with Gasteiger partial charge in [-0.25, -0.2) is 0 Å². The smallest absolute Gasteiger partial charge is 0.270 e. The molecule has 5 heteroatoms. The molecule has 1 heterocycles. The highest BCUT2D eigenvalue weighted by Crippen LogP contribution is 2.25. The second-order valence-corrected chi connectivity index (χ2v) is 6.00. The summed E-state index contributed by atoms with van der Waals surface area (Å²) in [6.45, 7) is 4.12. The average molecular weight is 343 g/mol. The number of hydrogen-bond acceptors (Lipinski definition) is 3. The number of allylic oxidation sites excluding steroid dienone is 1. The summed E-state index contributed by atoms with van der Waals surface area (Å²) < 4.78 is 2.01. The number of nitro benzene ring substituents is 1. The quantitative estimate of drug-likeness (QED) is 0.377. The molecule has 0 radical (unpaired) electrons. The van der Waals surface area contributed by atoms with Gasteiger partial charge in [0, 0.05) is 29.7 Å². The van der Waals surface area contributed by atoms with Gasteiger partial charge in [-0.05, 0) is 54.8 Å². The van der Waals surface area contributed by atoms with Crippen molar-refractivity contribution in [1.82, 2.24) is 4.57 Å². The fraction of sp³-hybridized carbons (Fsp3) is 0.0952. The topological polar surface area (TPSA) is 71.9 Å². The second-order valence-electron chi connectivity index (χ2n) is 6.00. The van der Waals surface area contributed by atoms with Gasteiger partial charge < -0.3 is 4.57 Å². The lowest BCUT2D eigenvalue weighted by Gasteiger charge is -2.12. The molecule has 26 heavy (non-hydrogen) atoms. The van der Waals surface area contributed by atoms with E-state index < -0.39 is 4.92 Å². The molecule has 0 bridgehead atoms. The van der Waals surface area contributed by atoms with E-state index in [1.807, 2.05) is 35.0 Å². The van der Waals surface area contributed by atoms with Gasteiger partial charge in [0.15, 0.2) is 0 Å². The van der Waals surface area contributed by atoms with E-state index >= 15 is 0 Å². The minimum Gasteiger partial charge on any atom is -0.317 e. The summed E-state index contributed by atoms with van der Waals surface area (Å²) in [5.74, 6) is 0. The summed E-state index contributed by atoms with van der Waals surface area (Å²) in [4.78, 5) is 10.5. The molecular formula is C21H17N3O2. The van der Waals surface area contributed by atoms with E-state index in [1.54, 1.807) is 18.2 Å². The predicted octanol–water partition coefficient (Wildman–Crippen LogP) is 5.07. The number of aryl methyl sites for hydroxylation is 1. The molecule has 0 unspecified atom stereocenters. The van der Waals surface area contributed by atoms with Crippen LogP contribution in [0, 0.1) is 35.3 Å². The van der Waals surface area contributed by atoms with Crippen molar-refractivity contribution in [3.05, 3.63) is 93.3 Å². The standard InChI is InChI=1S/C21H17N3O2/c1-15-6-3-10-21(16(15)2)23-11-5-9-19(23)13-18(14-22)17-7-4-8-20(12-17)24(25)26/h3-13H,1-2H3. The van der Waals surface area contributed by atoms with E-state index in [-0.39, 0.29) is 5.69 Å². The van der Waals surface area contributed by atoms with Crippen LogP contribution in [0.3, 0.4) is 0 Å². The van der Waals surface area contributed by atoms with Gasteiger partial charge in [0.05, 0.1) is 16.6 Å². The lowest BCUT2D eigenvalue weighted by Crippen LogP contribution is -1.99. The molecule has 3 aromatic rings. The van der Waals surface area contributed by atoms with Crippen LogP contribution in [0.5, 0.6) is 0 Å². The van der Waals surface area contributed by atoms with E-state index in [4.69, 9.17) is 0 Å². The Morgan fingerprint density at radius 3 is 2.65 bits per heavy atom. The highest BCUT2D eigenvalue weighted by molar-refractivity contribution is 5.89. The van der Waals surface area contributed by atoms with Gasteiger partial charge in [-0.1, -0.05) is 24.3 Å². The Labute approximate surface area is 151 Å². The summed E-state index contributed by atoms with van der Waals surface area (Å²) in [6, 6.07) is 18.2. The monoisotopic (exact) mass is 343 g/mol. The Morgan fingerprint density at radius 1 is 1.15 bits per heavy atom. The van der Waals surface area contributed by atoms with Crippen molar-refractivity contribution < 1.29 is 4.92 Å². The molecule has 1 aromatic heterocycles. The van der Waals surface area contributed by atoms with Gasteiger partial charge in [0.1, 0.15) is 0 Å². The first kappa shape index (κ1) is 17.2. The van der Waals surface area contributed by atoms with E-state index in [1.165, 1.54) is 17.7 Å².